The van der Waals surface area contributed by atoms with E-state index in [1.165, 1.54) is 0 Å². The third-order valence-electron chi connectivity index (χ3n) is 3.04. The number of nitrogens with two attached hydrogens (primary N) is 1. The summed E-state index contributed by atoms with van der Waals surface area (Å²) in [6.07, 6.45) is 0. The van der Waals surface area contributed by atoms with Gasteiger partial charge in [-0.05, 0) is 32.0 Å². The fraction of sp³-hybridized carbons (Fsp3) is 0.467. The molecular formula is C15H23N3O2. The van der Waals surface area contributed by atoms with Crippen LogP contribution in [-0.2, 0) is 9.59 Å². The van der Waals surface area contributed by atoms with Gasteiger partial charge in [0.1, 0.15) is 0 Å². The zero-order chi connectivity index (χ0) is 15.3. The van der Waals surface area contributed by atoms with Crippen LogP contribution < -0.4 is 16.4 Å². The zero-order valence-corrected chi connectivity index (χ0v) is 12.5. The van der Waals surface area contributed by atoms with Crippen molar-refractivity contribution in [2.45, 2.75) is 27.7 Å². The number of rotatable bonds is 5. The lowest BCUT2D eigenvalue weighted by Gasteiger charge is -2.21. The average Bonchev–Trinajstić information content (AvgIpc) is 2.38. The number of nitrogens with one attached hydrogen (secondary N) is 2. The molecule has 0 aliphatic heterocycles. The van der Waals surface area contributed by atoms with Gasteiger partial charge in [-0.25, -0.2) is 0 Å². The van der Waals surface area contributed by atoms with Gasteiger partial charge in [0, 0.05) is 23.8 Å². The molecule has 5 heteroatoms. The van der Waals surface area contributed by atoms with E-state index >= 15 is 0 Å². The molecule has 0 spiro atoms. The highest BCUT2D eigenvalue weighted by Gasteiger charge is 2.25. The largest absolute Gasteiger partial charge is 0.329 e. The molecule has 0 aromatic heterocycles. The standard InChI is InChI=1S/C15H23N3O2/c1-10(2)13(19)17-11-6-5-7-12(8-11)18-14(20)15(3,4)9-16/h5-8,10H,9,16H2,1-4H3,(H,17,19)(H,18,20). The molecule has 0 aliphatic carbocycles. The Bertz CT molecular complexity index is 496. The fourth-order valence-electron chi connectivity index (χ4n) is 1.35. The molecule has 0 saturated heterocycles. The Kier molecular flexibility index (Phi) is 5.27. The second-order valence-electron chi connectivity index (χ2n) is 5.77. The Hall–Kier alpha value is -1.88. The quantitative estimate of drug-likeness (QED) is 0.771. The van der Waals surface area contributed by atoms with E-state index in [0.717, 1.165) is 0 Å². The van der Waals surface area contributed by atoms with E-state index in [-0.39, 0.29) is 24.3 Å². The first-order valence-electron chi connectivity index (χ1n) is 6.68. The molecule has 0 aliphatic rings. The summed E-state index contributed by atoms with van der Waals surface area (Å²) in [4.78, 5) is 23.7. The van der Waals surface area contributed by atoms with E-state index in [0.29, 0.717) is 11.4 Å². The molecule has 110 valence electrons. The van der Waals surface area contributed by atoms with Crippen LogP contribution in [0.15, 0.2) is 24.3 Å². The van der Waals surface area contributed by atoms with Gasteiger partial charge < -0.3 is 16.4 Å². The highest BCUT2D eigenvalue weighted by Crippen LogP contribution is 2.20. The Balaban J connectivity index is 2.79. The normalized spacial score (nSPS) is 11.3. The molecule has 2 amide bonds. The molecule has 0 radical (unpaired) electrons. The minimum absolute atomic E-state index is 0.0595. The number of carbonyl (C=O) groups excluding carboxylic acids is 2. The zero-order valence-electron chi connectivity index (χ0n) is 12.5. The van der Waals surface area contributed by atoms with Crippen molar-refractivity contribution in [3.8, 4) is 0 Å². The number of amides is 2. The summed E-state index contributed by atoms with van der Waals surface area (Å²) in [6, 6.07) is 7.06. The first-order chi connectivity index (χ1) is 9.26. The molecular weight excluding hydrogens is 254 g/mol. The maximum absolute atomic E-state index is 12.0. The number of carbonyl (C=O) groups is 2. The average molecular weight is 277 g/mol. The van der Waals surface area contributed by atoms with Crippen molar-refractivity contribution in [1.29, 1.82) is 0 Å². The van der Waals surface area contributed by atoms with E-state index < -0.39 is 5.41 Å². The summed E-state index contributed by atoms with van der Waals surface area (Å²) >= 11 is 0. The Morgan fingerprint density at radius 3 is 2.25 bits per heavy atom. The molecule has 0 heterocycles. The highest BCUT2D eigenvalue weighted by atomic mass is 16.2. The maximum atomic E-state index is 12.0. The van der Waals surface area contributed by atoms with Crippen LogP contribution in [-0.4, -0.2) is 18.4 Å². The van der Waals surface area contributed by atoms with Crippen LogP contribution in [0.2, 0.25) is 0 Å². The Morgan fingerprint density at radius 1 is 1.20 bits per heavy atom. The van der Waals surface area contributed by atoms with Gasteiger partial charge in [-0.15, -0.1) is 0 Å². The van der Waals surface area contributed by atoms with Crippen molar-refractivity contribution in [2.75, 3.05) is 17.2 Å². The molecule has 20 heavy (non-hydrogen) atoms. The second kappa shape index (κ2) is 6.52. The van der Waals surface area contributed by atoms with E-state index in [4.69, 9.17) is 5.73 Å². The van der Waals surface area contributed by atoms with Gasteiger partial charge >= 0.3 is 0 Å². The predicted molar refractivity (Wildman–Crippen MR) is 81.4 cm³/mol. The Morgan fingerprint density at radius 2 is 1.75 bits per heavy atom. The molecule has 0 unspecified atom stereocenters. The summed E-state index contributed by atoms with van der Waals surface area (Å²) in [7, 11) is 0. The molecule has 4 N–H and O–H groups in total. The van der Waals surface area contributed by atoms with Gasteiger partial charge in [0.2, 0.25) is 11.8 Å². The first-order valence-corrected chi connectivity index (χ1v) is 6.68. The van der Waals surface area contributed by atoms with Gasteiger partial charge in [0.25, 0.3) is 0 Å². The van der Waals surface area contributed by atoms with E-state index in [2.05, 4.69) is 10.6 Å². The molecule has 0 bridgehead atoms. The van der Waals surface area contributed by atoms with Crippen molar-refractivity contribution in [2.24, 2.45) is 17.1 Å². The summed E-state index contributed by atoms with van der Waals surface area (Å²) in [5, 5.41) is 5.60. The van der Waals surface area contributed by atoms with Crippen LogP contribution in [0, 0.1) is 11.3 Å². The van der Waals surface area contributed by atoms with Gasteiger partial charge in [0.15, 0.2) is 0 Å². The van der Waals surface area contributed by atoms with Crippen LogP contribution in [0.5, 0.6) is 0 Å². The SMILES string of the molecule is CC(C)C(=O)Nc1cccc(NC(=O)C(C)(C)CN)c1. The molecule has 0 atom stereocenters. The van der Waals surface area contributed by atoms with Crippen molar-refractivity contribution in [1.82, 2.24) is 0 Å². The van der Waals surface area contributed by atoms with E-state index in [1.807, 2.05) is 13.8 Å². The van der Waals surface area contributed by atoms with Gasteiger partial charge in [-0.1, -0.05) is 19.9 Å². The molecule has 1 aromatic carbocycles. The lowest BCUT2D eigenvalue weighted by molar-refractivity contribution is -0.123. The highest BCUT2D eigenvalue weighted by molar-refractivity contribution is 5.96. The maximum Gasteiger partial charge on any atom is 0.231 e. The predicted octanol–water partition coefficient (Wildman–Crippen LogP) is 2.20. The summed E-state index contributed by atoms with van der Waals surface area (Å²) in [5.74, 6) is -0.299. The molecule has 5 nitrogen and oxygen atoms in total. The monoisotopic (exact) mass is 277 g/mol. The van der Waals surface area contributed by atoms with Crippen molar-refractivity contribution in [3.63, 3.8) is 0 Å². The van der Waals surface area contributed by atoms with Crippen LogP contribution in [0.1, 0.15) is 27.7 Å². The van der Waals surface area contributed by atoms with E-state index in [1.54, 1.807) is 38.1 Å². The third kappa shape index (κ3) is 4.35. The summed E-state index contributed by atoms with van der Waals surface area (Å²) < 4.78 is 0. The van der Waals surface area contributed by atoms with Crippen LogP contribution in [0.3, 0.4) is 0 Å². The smallest absolute Gasteiger partial charge is 0.231 e. The molecule has 0 fully saturated rings. The topological polar surface area (TPSA) is 84.2 Å². The van der Waals surface area contributed by atoms with Gasteiger partial charge in [0.05, 0.1) is 5.41 Å². The Labute approximate surface area is 119 Å². The number of benzene rings is 1. The van der Waals surface area contributed by atoms with Crippen molar-refractivity contribution >= 4 is 23.2 Å². The number of hydrogen-bond acceptors (Lipinski definition) is 3. The first kappa shape index (κ1) is 16.2. The van der Waals surface area contributed by atoms with Crippen molar-refractivity contribution in [3.05, 3.63) is 24.3 Å². The minimum atomic E-state index is -0.628. The van der Waals surface area contributed by atoms with Crippen LogP contribution >= 0.6 is 0 Å². The van der Waals surface area contributed by atoms with Crippen LogP contribution in [0.4, 0.5) is 11.4 Å². The lowest BCUT2D eigenvalue weighted by atomic mass is 9.92. The molecule has 1 rings (SSSR count). The van der Waals surface area contributed by atoms with Gasteiger partial charge in [-0.2, -0.15) is 0 Å². The third-order valence-corrected chi connectivity index (χ3v) is 3.04. The van der Waals surface area contributed by atoms with Crippen LogP contribution in [0.25, 0.3) is 0 Å². The van der Waals surface area contributed by atoms with Crippen molar-refractivity contribution < 1.29 is 9.59 Å². The molecule has 0 saturated carbocycles. The summed E-state index contributed by atoms with van der Waals surface area (Å²) in [6.45, 7) is 7.48. The summed E-state index contributed by atoms with van der Waals surface area (Å²) in [5.41, 5.74) is 6.24. The number of hydrogen-bond donors (Lipinski definition) is 3. The number of anilines is 2. The minimum Gasteiger partial charge on any atom is -0.329 e. The lowest BCUT2D eigenvalue weighted by Crippen LogP contribution is -2.37. The van der Waals surface area contributed by atoms with E-state index in [9.17, 15) is 9.59 Å². The molecule has 1 aromatic rings. The van der Waals surface area contributed by atoms with Gasteiger partial charge in [-0.3, -0.25) is 9.59 Å². The fourth-order valence-corrected chi connectivity index (χ4v) is 1.35. The second-order valence-corrected chi connectivity index (χ2v) is 5.77.